The van der Waals surface area contributed by atoms with Crippen molar-refractivity contribution in [3.63, 3.8) is 0 Å². The lowest BCUT2D eigenvalue weighted by molar-refractivity contribution is 0.415. The molecule has 2 rings (SSSR count). The average molecular weight is 259 g/mol. The van der Waals surface area contributed by atoms with Crippen molar-refractivity contribution in [2.75, 3.05) is 12.4 Å². The molecule has 0 saturated carbocycles. The van der Waals surface area contributed by atoms with E-state index in [0.717, 1.165) is 22.7 Å². The van der Waals surface area contributed by atoms with Gasteiger partial charge >= 0.3 is 0 Å². The number of aromatic amines is 1. The molecule has 100 valence electrons. The maximum Gasteiger partial charge on any atom is 0.255 e. The molecule has 0 aliphatic rings. The summed E-state index contributed by atoms with van der Waals surface area (Å²) in [5.41, 5.74) is 2.22. The first-order valence-electron chi connectivity index (χ1n) is 6.15. The van der Waals surface area contributed by atoms with Gasteiger partial charge in [0.2, 0.25) is 5.95 Å². The lowest BCUT2D eigenvalue weighted by Crippen LogP contribution is -2.17. The third-order valence-electron chi connectivity index (χ3n) is 2.93. The van der Waals surface area contributed by atoms with Crippen molar-refractivity contribution < 1.29 is 4.74 Å². The molecule has 0 bridgehead atoms. The molecule has 0 amide bonds. The van der Waals surface area contributed by atoms with Crippen molar-refractivity contribution in [3.8, 4) is 5.75 Å². The van der Waals surface area contributed by atoms with Crippen LogP contribution in [0.1, 0.15) is 18.2 Å². The molecule has 0 fully saturated rings. The standard InChI is InChI=1S/C14H17N3O2/c1-4-12-9(2)15-14(17-13(12)18)16-10-5-7-11(19-3)8-6-10/h5-8H,4H2,1-3H3,(H2,15,16,17,18). The van der Waals surface area contributed by atoms with Crippen molar-refractivity contribution in [1.29, 1.82) is 0 Å². The summed E-state index contributed by atoms with van der Waals surface area (Å²) in [7, 11) is 1.62. The highest BCUT2D eigenvalue weighted by molar-refractivity contribution is 5.54. The smallest absolute Gasteiger partial charge is 0.255 e. The number of hydrogen-bond donors (Lipinski definition) is 2. The molecule has 0 spiro atoms. The van der Waals surface area contributed by atoms with E-state index in [1.807, 2.05) is 38.1 Å². The molecule has 1 aromatic heterocycles. The van der Waals surface area contributed by atoms with E-state index >= 15 is 0 Å². The number of rotatable bonds is 4. The van der Waals surface area contributed by atoms with Crippen LogP contribution in [0, 0.1) is 6.92 Å². The van der Waals surface area contributed by atoms with Gasteiger partial charge < -0.3 is 10.1 Å². The second-order valence-electron chi connectivity index (χ2n) is 4.19. The first-order chi connectivity index (χ1) is 9.13. The molecule has 1 heterocycles. The largest absolute Gasteiger partial charge is 0.497 e. The van der Waals surface area contributed by atoms with E-state index in [1.54, 1.807) is 7.11 Å². The Labute approximate surface area is 111 Å². The Morgan fingerprint density at radius 2 is 2.00 bits per heavy atom. The Morgan fingerprint density at radius 1 is 1.32 bits per heavy atom. The van der Waals surface area contributed by atoms with Gasteiger partial charge in [0.1, 0.15) is 5.75 Å². The van der Waals surface area contributed by atoms with Crippen LogP contribution in [0.25, 0.3) is 0 Å². The van der Waals surface area contributed by atoms with Crippen LogP contribution in [0.15, 0.2) is 29.1 Å². The summed E-state index contributed by atoms with van der Waals surface area (Å²) >= 11 is 0. The Morgan fingerprint density at radius 3 is 2.53 bits per heavy atom. The molecular formula is C14H17N3O2. The third-order valence-corrected chi connectivity index (χ3v) is 2.93. The van der Waals surface area contributed by atoms with Gasteiger partial charge in [-0.15, -0.1) is 0 Å². The number of nitrogens with zero attached hydrogens (tertiary/aromatic N) is 1. The maximum atomic E-state index is 11.8. The molecule has 0 atom stereocenters. The predicted octanol–water partition coefficient (Wildman–Crippen LogP) is 2.39. The molecule has 5 nitrogen and oxygen atoms in total. The average Bonchev–Trinajstić information content (AvgIpc) is 2.39. The summed E-state index contributed by atoms with van der Waals surface area (Å²) in [5, 5.41) is 3.07. The highest BCUT2D eigenvalue weighted by Gasteiger charge is 2.06. The molecule has 2 aromatic rings. The monoisotopic (exact) mass is 259 g/mol. The lowest BCUT2D eigenvalue weighted by atomic mass is 10.2. The number of methoxy groups -OCH3 is 1. The van der Waals surface area contributed by atoms with Gasteiger partial charge in [0.25, 0.3) is 5.56 Å². The third kappa shape index (κ3) is 2.93. The Kier molecular flexibility index (Phi) is 3.85. The van der Waals surface area contributed by atoms with E-state index in [2.05, 4.69) is 15.3 Å². The van der Waals surface area contributed by atoms with Crippen molar-refractivity contribution in [3.05, 3.63) is 45.9 Å². The minimum absolute atomic E-state index is 0.0917. The number of H-pyrrole nitrogens is 1. The second-order valence-corrected chi connectivity index (χ2v) is 4.19. The summed E-state index contributed by atoms with van der Waals surface area (Å²) in [6, 6.07) is 7.41. The maximum absolute atomic E-state index is 11.8. The van der Waals surface area contributed by atoms with E-state index in [0.29, 0.717) is 12.4 Å². The topological polar surface area (TPSA) is 67.0 Å². The highest BCUT2D eigenvalue weighted by atomic mass is 16.5. The molecule has 5 heteroatoms. The van der Waals surface area contributed by atoms with Gasteiger partial charge in [-0.3, -0.25) is 9.78 Å². The fraction of sp³-hybridized carbons (Fsp3) is 0.286. The molecule has 0 radical (unpaired) electrons. The van der Waals surface area contributed by atoms with Crippen LogP contribution < -0.4 is 15.6 Å². The molecule has 0 aliphatic heterocycles. The van der Waals surface area contributed by atoms with Crippen LogP contribution in [0.3, 0.4) is 0 Å². The molecule has 19 heavy (non-hydrogen) atoms. The molecule has 0 aliphatic carbocycles. The van der Waals surface area contributed by atoms with Crippen LogP contribution in [-0.2, 0) is 6.42 Å². The van der Waals surface area contributed by atoms with E-state index in [1.165, 1.54) is 0 Å². The summed E-state index contributed by atoms with van der Waals surface area (Å²) in [6.45, 7) is 3.78. The number of benzene rings is 1. The number of nitrogens with one attached hydrogen (secondary N) is 2. The van der Waals surface area contributed by atoms with Crippen LogP contribution in [-0.4, -0.2) is 17.1 Å². The summed E-state index contributed by atoms with van der Waals surface area (Å²) in [5.74, 6) is 1.23. The van der Waals surface area contributed by atoms with Gasteiger partial charge in [-0.2, -0.15) is 0 Å². The van der Waals surface area contributed by atoms with Crippen LogP contribution in [0.4, 0.5) is 11.6 Å². The predicted molar refractivity (Wildman–Crippen MR) is 75.2 cm³/mol. The van der Waals surface area contributed by atoms with Gasteiger partial charge in [0.05, 0.1) is 7.11 Å². The van der Waals surface area contributed by atoms with Crippen molar-refractivity contribution >= 4 is 11.6 Å². The number of hydrogen-bond acceptors (Lipinski definition) is 4. The zero-order valence-electron chi connectivity index (χ0n) is 11.3. The summed E-state index contributed by atoms with van der Waals surface area (Å²) in [4.78, 5) is 18.9. The van der Waals surface area contributed by atoms with Gasteiger partial charge in [-0.1, -0.05) is 6.92 Å². The van der Waals surface area contributed by atoms with E-state index < -0.39 is 0 Å². The summed E-state index contributed by atoms with van der Waals surface area (Å²) in [6.07, 6.45) is 0.678. The van der Waals surface area contributed by atoms with E-state index in [4.69, 9.17) is 4.74 Å². The van der Waals surface area contributed by atoms with Crippen molar-refractivity contribution in [2.45, 2.75) is 20.3 Å². The fourth-order valence-electron chi connectivity index (χ4n) is 1.90. The summed E-state index contributed by atoms with van der Waals surface area (Å²) < 4.78 is 5.09. The molecular weight excluding hydrogens is 242 g/mol. The number of aromatic nitrogens is 2. The van der Waals surface area contributed by atoms with Crippen LogP contribution >= 0.6 is 0 Å². The number of ether oxygens (including phenoxy) is 1. The minimum Gasteiger partial charge on any atom is -0.497 e. The Hall–Kier alpha value is -2.30. The molecule has 1 aromatic carbocycles. The van der Waals surface area contributed by atoms with E-state index in [-0.39, 0.29) is 5.56 Å². The Balaban J connectivity index is 2.25. The van der Waals surface area contributed by atoms with Crippen molar-refractivity contribution in [2.24, 2.45) is 0 Å². The second kappa shape index (κ2) is 5.56. The van der Waals surface area contributed by atoms with E-state index in [9.17, 15) is 4.79 Å². The van der Waals surface area contributed by atoms with Crippen molar-refractivity contribution in [1.82, 2.24) is 9.97 Å². The fourth-order valence-corrected chi connectivity index (χ4v) is 1.90. The van der Waals surface area contributed by atoms with Crippen LogP contribution in [0.5, 0.6) is 5.75 Å². The SMILES string of the molecule is CCc1c(C)nc(Nc2ccc(OC)cc2)[nH]c1=O. The zero-order valence-corrected chi connectivity index (χ0v) is 11.3. The van der Waals surface area contributed by atoms with Gasteiger partial charge in [-0.05, 0) is 37.6 Å². The number of aryl methyl sites for hydroxylation is 1. The van der Waals surface area contributed by atoms with Crippen LogP contribution in [0.2, 0.25) is 0 Å². The van der Waals surface area contributed by atoms with Gasteiger partial charge in [-0.25, -0.2) is 4.98 Å². The normalized spacial score (nSPS) is 10.3. The molecule has 0 saturated heterocycles. The first kappa shape index (κ1) is 13.1. The molecule has 0 unspecified atom stereocenters. The lowest BCUT2D eigenvalue weighted by Gasteiger charge is -2.08. The Bertz CT molecular complexity index is 618. The number of anilines is 2. The van der Waals surface area contributed by atoms with Gasteiger partial charge in [0.15, 0.2) is 0 Å². The zero-order chi connectivity index (χ0) is 13.8. The molecule has 2 N–H and O–H groups in total. The first-order valence-corrected chi connectivity index (χ1v) is 6.15. The minimum atomic E-state index is -0.0917. The van der Waals surface area contributed by atoms with Gasteiger partial charge in [0, 0.05) is 16.9 Å². The highest BCUT2D eigenvalue weighted by Crippen LogP contribution is 2.17. The quantitative estimate of drug-likeness (QED) is 0.884.